The zero-order valence-electron chi connectivity index (χ0n) is 8.86. The molecule has 0 unspecified atom stereocenters. The summed E-state index contributed by atoms with van der Waals surface area (Å²) in [4.78, 5) is 29.4. The van der Waals surface area contributed by atoms with Crippen LogP contribution in [0.4, 0.5) is 0 Å². The zero-order valence-corrected chi connectivity index (χ0v) is 9.67. The van der Waals surface area contributed by atoms with Crippen LogP contribution in [0.2, 0.25) is 0 Å². The van der Waals surface area contributed by atoms with Crippen LogP contribution in [-0.2, 0) is 4.74 Å². The van der Waals surface area contributed by atoms with Crippen molar-refractivity contribution in [1.29, 1.82) is 0 Å². The van der Waals surface area contributed by atoms with E-state index in [0.29, 0.717) is 11.7 Å². The van der Waals surface area contributed by atoms with Crippen LogP contribution >= 0.6 is 12.4 Å². The molecule has 5 nitrogen and oxygen atoms in total. The lowest BCUT2D eigenvalue weighted by Crippen LogP contribution is -2.21. The highest BCUT2D eigenvalue weighted by Gasteiger charge is 2.26. The molecule has 88 valence electrons. The molecular weight excluding hydrogens is 232 g/mol. The van der Waals surface area contributed by atoms with E-state index in [1.807, 2.05) is 0 Å². The van der Waals surface area contributed by atoms with Crippen LogP contribution in [-0.4, -0.2) is 22.5 Å². The monoisotopic (exact) mass is 244 g/mol. The van der Waals surface area contributed by atoms with Crippen LogP contribution in [0.25, 0.3) is 0 Å². The average Bonchev–Trinajstić information content (AvgIpc) is 3.01. The number of hydrogen-bond acceptors (Lipinski definition) is 4. The third kappa shape index (κ3) is 2.61. The first kappa shape index (κ1) is 12.7. The maximum absolute atomic E-state index is 11.5. The molecule has 1 aliphatic rings. The second-order valence-corrected chi connectivity index (χ2v) is 3.51. The van der Waals surface area contributed by atoms with Gasteiger partial charge in [-0.3, -0.25) is 4.79 Å². The molecule has 16 heavy (non-hydrogen) atoms. The van der Waals surface area contributed by atoms with Gasteiger partial charge in [0.25, 0.3) is 5.56 Å². The quantitative estimate of drug-likeness (QED) is 0.813. The number of rotatable bonds is 3. The number of carbonyl (C=O) groups is 1. The van der Waals surface area contributed by atoms with Crippen molar-refractivity contribution in [2.24, 2.45) is 0 Å². The topological polar surface area (TPSA) is 72.0 Å². The lowest BCUT2D eigenvalue weighted by Gasteiger charge is -2.01. The molecule has 0 radical (unpaired) electrons. The van der Waals surface area contributed by atoms with Crippen molar-refractivity contribution in [3.63, 3.8) is 0 Å². The summed E-state index contributed by atoms with van der Waals surface area (Å²) in [5.41, 5.74) is -0.438. The van der Waals surface area contributed by atoms with Crippen LogP contribution in [0.5, 0.6) is 0 Å². The van der Waals surface area contributed by atoms with E-state index in [1.165, 1.54) is 6.20 Å². The van der Waals surface area contributed by atoms with E-state index in [9.17, 15) is 9.59 Å². The molecule has 1 aliphatic carbocycles. The Labute approximate surface area is 98.6 Å². The molecule has 1 aromatic rings. The maximum atomic E-state index is 11.5. The number of carbonyl (C=O) groups excluding carboxylic acids is 1. The van der Waals surface area contributed by atoms with Gasteiger partial charge in [0.1, 0.15) is 11.4 Å². The van der Waals surface area contributed by atoms with Crippen LogP contribution in [0, 0.1) is 0 Å². The van der Waals surface area contributed by atoms with Gasteiger partial charge in [-0.05, 0) is 19.8 Å². The lowest BCUT2D eigenvalue weighted by atomic mass is 10.3. The molecule has 0 amide bonds. The van der Waals surface area contributed by atoms with Crippen molar-refractivity contribution in [2.45, 2.75) is 25.7 Å². The van der Waals surface area contributed by atoms with E-state index in [0.717, 1.165) is 12.8 Å². The standard InChI is InChI=1S/C10H12N2O3.ClH/c1-2-15-10(14)7-5-11-8(6-3-4-6)12-9(7)13;/h5-6H,2-4H2,1H3,(H,11,12,13);1H. The summed E-state index contributed by atoms with van der Waals surface area (Å²) in [5, 5.41) is 0. The van der Waals surface area contributed by atoms with E-state index in [1.54, 1.807) is 6.92 Å². The number of nitrogens with zero attached hydrogens (tertiary/aromatic N) is 1. The van der Waals surface area contributed by atoms with Gasteiger partial charge in [-0.2, -0.15) is 0 Å². The Balaban J connectivity index is 0.00000128. The molecule has 6 heteroatoms. The second kappa shape index (κ2) is 5.12. The Morgan fingerprint density at radius 2 is 2.31 bits per heavy atom. The second-order valence-electron chi connectivity index (χ2n) is 3.51. The van der Waals surface area contributed by atoms with Crippen LogP contribution in [0.3, 0.4) is 0 Å². The molecule has 0 bridgehead atoms. The summed E-state index contributed by atoms with van der Waals surface area (Å²) in [5.74, 6) is 0.426. The van der Waals surface area contributed by atoms with Crippen LogP contribution in [0.15, 0.2) is 11.0 Å². The van der Waals surface area contributed by atoms with Gasteiger partial charge in [-0.15, -0.1) is 12.4 Å². The fraction of sp³-hybridized carbons (Fsp3) is 0.500. The Morgan fingerprint density at radius 3 is 2.81 bits per heavy atom. The minimum Gasteiger partial charge on any atom is -0.462 e. The summed E-state index contributed by atoms with van der Waals surface area (Å²) in [6.07, 6.45) is 3.41. The highest BCUT2D eigenvalue weighted by atomic mass is 35.5. The number of aromatic nitrogens is 2. The smallest absolute Gasteiger partial charge is 0.345 e. The van der Waals surface area contributed by atoms with Crippen molar-refractivity contribution in [2.75, 3.05) is 6.61 Å². The van der Waals surface area contributed by atoms with E-state index < -0.39 is 11.5 Å². The summed E-state index contributed by atoms with van der Waals surface area (Å²) in [7, 11) is 0. The highest BCUT2D eigenvalue weighted by Crippen LogP contribution is 2.37. The molecule has 1 heterocycles. The van der Waals surface area contributed by atoms with Gasteiger partial charge < -0.3 is 9.72 Å². The highest BCUT2D eigenvalue weighted by molar-refractivity contribution is 5.88. The normalized spacial score (nSPS) is 14.1. The molecule has 1 aromatic heterocycles. The number of hydrogen-bond donors (Lipinski definition) is 1. The van der Waals surface area contributed by atoms with Gasteiger partial charge >= 0.3 is 5.97 Å². The van der Waals surface area contributed by atoms with E-state index in [-0.39, 0.29) is 24.6 Å². The van der Waals surface area contributed by atoms with Crippen molar-refractivity contribution in [3.05, 3.63) is 27.9 Å². The lowest BCUT2D eigenvalue weighted by molar-refractivity contribution is 0.0523. The van der Waals surface area contributed by atoms with Crippen LogP contribution in [0.1, 0.15) is 41.9 Å². The van der Waals surface area contributed by atoms with Crippen molar-refractivity contribution in [1.82, 2.24) is 9.97 Å². The SMILES string of the molecule is CCOC(=O)c1cnc(C2CC2)[nH]c1=O.Cl. The number of ether oxygens (including phenoxy) is 1. The predicted molar refractivity (Wildman–Crippen MR) is 60.0 cm³/mol. The van der Waals surface area contributed by atoms with E-state index >= 15 is 0 Å². The largest absolute Gasteiger partial charge is 0.462 e. The average molecular weight is 245 g/mol. The minimum atomic E-state index is -0.617. The summed E-state index contributed by atoms with van der Waals surface area (Å²) >= 11 is 0. The molecule has 2 rings (SSSR count). The van der Waals surface area contributed by atoms with Gasteiger partial charge in [0.2, 0.25) is 0 Å². The van der Waals surface area contributed by atoms with E-state index in [2.05, 4.69) is 9.97 Å². The Kier molecular flexibility index (Phi) is 4.06. The van der Waals surface area contributed by atoms with Gasteiger partial charge in [-0.25, -0.2) is 9.78 Å². The molecule has 0 spiro atoms. The molecule has 0 aromatic carbocycles. The zero-order chi connectivity index (χ0) is 10.8. The van der Waals surface area contributed by atoms with Gasteiger partial charge in [0.05, 0.1) is 6.61 Å². The van der Waals surface area contributed by atoms with Gasteiger partial charge in [0.15, 0.2) is 0 Å². The van der Waals surface area contributed by atoms with Crippen molar-refractivity contribution >= 4 is 18.4 Å². The first-order valence-electron chi connectivity index (χ1n) is 4.98. The number of H-pyrrole nitrogens is 1. The molecule has 0 saturated heterocycles. The molecule has 1 fully saturated rings. The molecular formula is C10H13ClN2O3. The third-order valence-corrected chi connectivity index (χ3v) is 2.28. The molecule has 1 N–H and O–H groups in total. The molecule has 0 aliphatic heterocycles. The van der Waals surface area contributed by atoms with Gasteiger partial charge in [-0.1, -0.05) is 0 Å². The Bertz CT molecular complexity index is 440. The third-order valence-electron chi connectivity index (χ3n) is 2.28. The fourth-order valence-corrected chi connectivity index (χ4v) is 1.33. The minimum absolute atomic E-state index is 0. The fourth-order valence-electron chi connectivity index (χ4n) is 1.33. The molecule has 0 atom stereocenters. The summed E-state index contributed by atoms with van der Waals surface area (Å²) < 4.78 is 4.73. The molecule has 1 saturated carbocycles. The maximum Gasteiger partial charge on any atom is 0.345 e. The Hall–Kier alpha value is -1.36. The van der Waals surface area contributed by atoms with E-state index in [4.69, 9.17) is 4.74 Å². The summed E-state index contributed by atoms with van der Waals surface area (Å²) in [6, 6.07) is 0. The predicted octanol–water partition coefficient (Wildman–Crippen LogP) is 1.25. The Morgan fingerprint density at radius 1 is 1.62 bits per heavy atom. The number of halogens is 1. The first-order chi connectivity index (χ1) is 7.22. The van der Waals surface area contributed by atoms with Crippen LogP contribution < -0.4 is 5.56 Å². The van der Waals surface area contributed by atoms with Gasteiger partial charge in [0, 0.05) is 12.1 Å². The van der Waals surface area contributed by atoms with Crippen molar-refractivity contribution in [3.8, 4) is 0 Å². The number of esters is 1. The number of aromatic amines is 1. The number of nitrogens with one attached hydrogen (secondary N) is 1. The first-order valence-corrected chi connectivity index (χ1v) is 4.98. The summed E-state index contributed by atoms with van der Waals surface area (Å²) in [6.45, 7) is 1.95. The van der Waals surface area contributed by atoms with Crippen molar-refractivity contribution < 1.29 is 9.53 Å².